The number of aromatic nitrogens is 6. The first kappa shape index (κ1) is 28.4. The van der Waals surface area contributed by atoms with Crippen molar-refractivity contribution in [2.24, 2.45) is 0 Å². The average molecular weight is 632 g/mol. The van der Waals surface area contributed by atoms with Crippen LogP contribution in [0.5, 0.6) is 0 Å². The van der Waals surface area contributed by atoms with Crippen molar-refractivity contribution in [1.82, 2.24) is 30.0 Å². The zero-order valence-corrected chi connectivity index (χ0v) is 26.4. The van der Waals surface area contributed by atoms with E-state index in [0.29, 0.717) is 0 Å². The number of benzene rings is 7. The van der Waals surface area contributed by atoms with Crippen LogP contribution in [0.1, 0.15) is 0 Å². The van der Waals surface area contributed by atoms with Crippen molar-refractivity contribution in [2.75, 3.05) is 4.90 Å². The molecule has 2 aromatic heterocycles. The lowest BCUT2D eigenvalue weighted by molar-refractivity contribution is 0.765. The molecule has 0 atom stereocenters. The predicted octanol–water partition coefficient (Wildman–Crippen LogP) is 9.96. The molecule has 9 rings (SSSR count). The van der Waals surface area contributed by atoms with Crippen molar-refractivity contribution in [3.63, 3.8) is 0 Å². The monoisotopic (exact) mass is 631 g/mol. The molecule has 0 radical (unpaired) electrons. The van der Waals surface area contributed by atoms with Gasteiger partial charge in [-0.1, -0.05) is 84.9 Å². The average Bonchev–Trinajstić information content (AvgIpc) is 3.81. The SMILES string of the molecule is c1ccc(-c2cc(-c3ccccc3)cc(N(c3ccc(-n4nc5ccccc5n4)cc3)c3ccc(-n4nc5ccccc5n4)cc3)c2)cc1. The van der Waals surface area contributed by atoms with Gasteiger partial charge in [0.1, 0.15) is 22.1 Å². The second-order valence-corrected chi connectivity index (χ2v) is 11.8. The summed E-state index contributed by atoms with van der Waals surface area (Å²) in [6.45, 7) is 0. The van der Waals surface area contributed by atoms with Crippen LogP contribution in [0, 0.1) is 0 Å². The van der Waals surface area contributed by atoms with Crippen LogP contribution in [0.2, 0.25) is 0 Å². The summed E-state index contributed by atoms with van der Waals surface area (Å²) in [5, 5.41) is 18.8. The van der Waals surface area contributed by atoms with Gasteiger partial charge in [0, 0.05) is 17.1 Å². The molecule has 0 aliphatic carbocycles. The second kappa shape index (κ2) is 12.1. The van der Waals surface area contributed by atoms with Gasteiger partial charge in [-0.3, -0.25) is 0 Å². The Bertz CT molecular complexity index is 2300. The molecule has 0 saturated carbocycles. The fourth-order valence-electron chi connectivity index (χ4n) is 6.20. The van der Waals surface area contributed by atoms with Crippen molar-refractivity contribution < 1.29 is 0 Å². The van der Waals surface area contributed by atoms with Gasteiger partial charge in [-0.25, -0.2) is 0 Å². The first-order chi connectivity index (χ1) is 24.2. The Balaban J connectivity index is 1.18. The molecule has 7 nitrogen and oxygen atoms in total. The molecule has 0 spiro atoms. The van der Waals surface area contributed by atoms with Crippen LogP contribution in [0.4, 0.5) is 17.1 Å². The molecule has 0 aliphatic rings. The Morgan fingerprint density at radius 2 is 0.653 bits per heavy atom. The molecule has 0 saturated heterocycles. The molecule has 0 bridgehead atoms. The minimum absolute atomic E-state index is 0.860. The van der Waals surface area contributed by atoms with E-state index < -0.39 is 0 Å². The fourth-order valence-corrected chi connectivity index (χ4v) is 6.20. The molecular formula is C42H29N7. The van der Waals surface area contributed by atoms with Gasteiger partial charge in [0.25, 0.3) is 0 Å². The van der Waals surface area contributed by atoms with Crippen LogP contribution >= 0.6 is 0 Å². The summed E-state index contributed by atoms with van der Waals surface area (Å²) in [6, 6.07) is 60.4. The first-order valence-electron chi connectivity index (χ1n) is 16.2. The molecule has 2 heterocycles. The summed E-state index contributed by atoms with van der Waals surface area (Å²) in [7, 11) is 0. The van der Waals surface area contributed by atoms with Gasteiger partial charge in [0.2, 0.25) is 0 Å². The number of anilines is 3. The molecule has 0 fully saturated rings. The molecule has 0 unspecified atom stereocenters. The molecule has 0 aliphatic heterocycles. The lowest BCUT2D eigenvalue weighted by Gasteiger charge is -2.27. The Labute approximate surface area is 282 Å². The third-order valence-electron chi connectivity index (χ3n) is 8.64. The third kappa shape index (κ3) is 5.49. The number of hydrogen-bond donors (Lipinski definition) is 0. The maximum atomic E-state index is 4.70. The highest BCUT2D eigenvalue weighted by atomic mass is 15.5. The molecular weight excluding hydrogens is 603 g/mol. The quantitative estimate of drug-likeness (QED) is 0.175. The van der Waals surface area contributed by atoms with Gasteiger partial charge in [-0.15, -0.1) is 20.4 Å². The molecule has 0 amide bonds. The van der Waals surface area contributed by atoms with E-state index >= 15 is 0 Å². The Kier molecular flexibility index (Phi) is 6.98. The Hall–Kier alpha value is -6.86. The van der Waals surface area contributed by atoms with Gasteiger partial charge in [0.05, 0.1) is 11.4 Å². The maximum Gasteiger partial charge on any atom is 0.113 e. The smallest absolute Gasteiger partial charge is 0.113 e. The van der Waals surface area contributed by atoms with Crippen molar-refractivity contribution in [3.8, 4) is 33.6 Å². The highest BCUT2D eigenvalue weighted by Crippen LogP contribution is 2.40. The summed E-state index contributed by atoms with van der Waals surface area (Å²) in [6.07, 6.45) is 0. The molecule has 49 heavy (non-hydrogen) atoms. The van der Waals surface area contributed by atoms with Gasteiger partial charge in [-0.2, -0.15) is 9.59 Å². The van der Waals surface area contributed by atoms with E-state index in [9.17, 15) is 0 Å². The first-order valence-corrected chi connectivity index (χ1v) is 16.2. The van der Waals surface area contributed by atoms with E-state index in [1.807, 2.05) is 48.5 Å². The van der Waals surface area contributed by atoms with E-state index in [1.165, 1.54) is 0 Å². The second-order valence-electron chi connectivity index (χ2n) is 11.8. The van der Waals surface area contributed by atoms with Crippen molar-refractivity contribution >= 4 is 39.1 Å². The highest BCUT2D eigenvalue weighted by Gasteiger charge is 2.17. The summed E-state index contributed by atoms with van der Waals surface area (Å²) < 4.78 is 0. The highest BCUT2D eigenvalue weighted by molar-refractivity contribution is 5.85. The van der Waals surface area contributed by atoms with E-state index in [2.05, 4.69) is 132 Å². The standard InChI is InChI=1S/C42H29N7/c1-3-11-30(12-4-1)32-27-33(31-13-5-2-6-14-31)29-38(28-32)47(34-19-23-36(24-20-34)48-43-39-15-7-8-16-40(39)44-48)35-21-25-37(26-22-35)49-45-41-17-9-10-18-42(41)46-49/h1-29H. The lowest BCUT2D eigenvalue weighted by Crippen LogP contribution is -2.11. The topological polar surface area (TPSA) is 64.7 Å². The zero-order valence-electron chi connectivity index (χ0n) is 26.4. The van der Waals surface area contributed by atoms with E-state index in [1.54, 1.807) is 9.59 Å². The zero-order chi connectivity index (χ0) is 32.6. The van der Waals surface area contributed by atoms with Gasteiger partial charge in [-0.05, 0) is 113 Å². The van der Waals surface area contributed by atoms with Crippen LogP contribution in [0.25, 0.3) is 55.7 Å². The Morgan fingerprint density at radius 1 is 0.306 bits per heavy atom. The fraction of sp³-hybridized carbons (Fsp3) is 0. The number of hydrogen-bond acceptors (Lipinski definition) is 5. The molecule has 232 valence electrons. The van der Waals surface area contributed by atoms with E-state index in [4.69, 9.17) is 20.4 Å². The van der Waals surface area contributed by atoms with Crippen LogP contribution in [-0.2, 0) is 0 Å². The maximum absolute atomic E-state index is 4.70. The van der Waals surface area contributed by atoms with Crippen molar-refractivity contribution in [3.05, 3.63) is 176 Å². The van der Waals surface area contributed by atoms with Gasteiger partial charge in [0.15, 0.2) is 0 Å². The molecule has 7 aromatic carbocycles. The lowest BCUT2D eigenvalue weighted by atomic mass is 9.97. The Morgan fingerprint density at radius 3 is 1.02 bits per heavy atom. The normalized spacial score (nSPS) is 11.3. The third-order valence-corrected chi connectivity index (χ3v) is 8.64. The van der Waals surface area contributed by atoms with E-state index in [0.717, 1.165) is 72.8 Å². The molecule has 9 aromatic rings. The van der Waals surface area contributed by atoms with E-state index in [-0.39, 0.29) is 0 Å². The van der Waals surface area contributed by atoms with Crippen LogP contribution in [-0.4, -0.2) is 30.0 Å². The molecule has 7 heteroatoms. The summed E-state index contributed by atoms with van der Waals surface area (Å²) in [5.41, 5.74) is 12.8. The van der Waals surface area contributed by atoms with Gasteiger partial charge < -0.3 is 4.90 Å². The van der Waals surface area contributed by atoms with Crippen molar-refractivity contribution in [1.29, 1.82) is 0 Å². The van der Waals surface area contributed by atoms with Crippen molar-refractivity contribution in [2.45, 2.75) is 0 Å². The summed E-state index contributed by atoms with van der Waals surface area (Å²) >= 11 is 0. The van der Waals surface area contributed by atoms with Crippen LogP contribution in [0.15, 0.2) is 176 Å². The number of nitrogens with zero attached hydrogens (tertiary/aromatic N) is 7. The minimum atomic E-state index is 0.860. The molecule has 0 N–H and O–H groups in total. The minimum Gasteiger partial charge on any atom is -0.310 e. The van der Waals surface area contributed by atoms with Crippen LogP contribution in [0.3, 0.4) is 0 Å². The van der Waals surface area contributed by atoms with Crippen LogP contribution < -0.4 is 4.90 Å². The largest absolute Gasteiger partial charge is 0.310 e. The predicted molar refractivity (Wildman–Crippen MR) is 197 cm³/mol. The number of fused-ring (bicyclic) bond motifs is 2. The summed E-state index contributed by atoms with van der Waals surface area (Å²) in [4.78, 5) is 5.67. The summed E-state index contributed by atoms with van der Waals surface area (Å²) in [5.74, 6) is 0. The number of rotatable bonds is 7. The van der Waals surface area contributed by atoms with Gasteiger partial charge >= 0.3 is 0 Å².